The van der Waals surface area contributed by atoms with E-state index in [-0.39, 0.29) is 0 Å². The van der Waals surface area contributed by atoms with Crippen LogP contribution in [0.3, 0.4) is 0 Å². The van der Waals surface area contributed by atoms with Crippen molar-refractivity contribution in [2.75, 3.05) is 13.6 Å². The van der Waals surface area contributed by atoms with Gasteiger partial charge in [-0.15, -0.1) is 0 Å². The van der Waals surface area contributed by atoms with Crippen LogP contribution in [0.25, 0.3) is 17.0 Å². The van der Waals surface area contributed by atoms with Gasteiger partial charge in [-0.1, -0.05) is 23.8 Å². The number of likely N-dealkylation sites (N-methyl/N-ethyl adjacent to an activating group) is 1. The van der Waals surface area contributed by atoms with E-state index in [0.717, 1.165) is 12.1 Å². The summed E-state index contributed by atoms with van der Waals surface area (Å²) < 4.78 is 0. The fraction of sp³-hybridized carbons (Fsp3) is 0.214. The molecule has 16 heavy (non-hydrogen) atoms. The maximum absolute atomic E-state index is 4.30. The summed E-state index contributed by atoms with van der Waals surface area (Å²) in [4.78, 5) is 4.30. The Morgan fingerprint density at radius 1 is 1.38 bits per heavy atom. The number of fused-ring (bicyclic) bond motifs is 1. The molecule has 0 aliphatic heterocycles. The van der Waals surface area contributed by atoms with E-state index in [1.165, 1.54) is 16.5 Å². The second-order valence-corrected chi connectivity index (χ2v) is 3.98. The SMILES string of the molecule is CNCC(C)=Cc1ccc2ncccc2c1. The molecule has 1 aromatic carbocycles. The van der Waals surface area contributed by atoms with Crippen molar-refractivity contribution in [2.24, 2.45) is 0 Å². The van der Waals surface area contributed by atoms with Crippen molar-refractivity contribution >= 4 is 17.0 Å². The fourth-order valence-corrected chi connectivity index (χ4v) is 1.80. The molecular formula is C14H16N2. The smallest absolute Gasteiger partial charge is 0.0702 e. The number of hydrogen-bond acceptors (Lipinski definition) is 2. The molecule has 0 aliphatic carbocycles. The van der Waals surface area contributed by atoms with E-state index in [1.54, 1.807) is 0 Å². The molecule has 2 nitrogen and oxygen atoms in total. The molecule has 82 valence electrons. The van der Waals surface area contributed by atoms with Gasteiger partial charge in [0.05, 0.1) is 5.52 Å². The first-order valence-electron chi connectivity index (χ1n) is 5.46. The van der Waals surface area contributed by atoms with Crippen molar-refractivity contribution in [3.8, 4) is 0 Å². The van der Waals surface area contributed by atoms with Crippen LogP contribution in [-0.4, -0.2) is 18.6 Å². The summed E-state index contributed by atoms with van der Waals surface area (Å²) >= 11 is 0. The fourth-order valence-electron chi connectivity index (χ4n) is 1.80. The maximum atomic E-state index is 4.30. The van der Waals surface area contributed by atoms with Gasteiger partial charge in [0.15, 0.2) is 0 Å². The van der Waals surface area contributed by atoms with Crippen molar-refractivity contribution in [3.05, 3.63) is 47.7 Å². The van der Waals surface area contributed by atoms with Gasteiger partial charge >= 0.3 is 0 Å². The van der Waals surface area contributed by atoms with Gasteiger partial charge in [0, 0.05) is 18.1 Å². The van der Waals surface area contributed by atoms with Crippen molar-refractivity contribution in [3.63, 3.8) is 0 Å². The van der Waals surface area contributed by atoms with Gasteiger partial charge in [-0.05, 0) is 37.7 Å². The Hall–Kier alpha value is -1.67. The van der Waals surface area contributed by atoms with Gasteiger partial charge in [-0.2, -0.15) is 0 Å². The van der Waals surface area contributed by atoms with Crippen LogP contribution < -0.4 is 5.32 Å². The average molecular weight is 212 g/mol. The molecule has 0 unspecified atom stereocenters. The molecule has 0 radical (unpaired) electrons. The highest BCUT2D eigenvalue weighted by Crippen LogP contribution is 2.15. The van der Waals surface area contributed by atoms with Crippen molar-refractivity contribution in [1.29, 1.82) is 0 Å². The number of nitrogens with one attached hydrogen (secondary N) is 1. The van der Waals surface area contributed by atoms with E-state index in [2.05, 4.69) is 47.6 Å². The van der Waals surface area contributed by atoms with Crippen LogP contribution in [0, 0.1) is 0 Å². The number of hydrogen-bond donors (Lipinski definition) is 1. The normalized spacial score (nSPS) is 12.0. The summed E-state index contributed by atoms with van der Waals surface area (Å²) in [5.41, 5.74) is 3.60. The minimum atomic E-state index is 0.922. The molecular weight excluding hydrogens is 196 g/mol. The second-order valence-electron chi connectivity index (χ2n) is 3.98. The van der Waals surface area contributed by atoms with Crippen LogP contribution in [0.1, 0.15) is 12.5 Å². The number of benzene rings is 1. The maximum Gasteiger partial charge on any atom is 0.0702 e. The van der Waals surface area contributed by atoms with Crippen LogP contribution in [0.5, 0.6) is 0 Å². The summed E-state index contributed by atoms with van der Waals surface area (Å²) in [5.74, 6) is 0. The van der Waals surface area contributed by atoms with Crippen LogP contribution >= 0.6 is 0 Å². The monoisotopic (exact) mass is 212 g/mol. The lowest BCUT2D eigenvalue weighted by molar-refractivity contribution is 0.884. The Morgan fingerprint density at radius 2 is 2.25 bits per heavy atom. The zero-order chi connectivity index (χ0) is 11.4. The quantitative estimate of drug-likeness (QED) is 0.846. The van der Waals surface area contributed by atoms with E-state index in [4.69, 9.17) is 0 Å². The Balaban J connectivity index is 2.36. The first kappa shape index (κ1) is 10.8. The Labute approximate surface area is 96.0 Å². The lowest BCUT2D eigenvalue weighted by Crippen LogP contribution is -2.08. The third-order valence-corrected chi connectivity index (χ3v) is 2.50. The van der Waals surface area contributed by atoms with Gasteiger partial charge in [0.25, 0.3) is 0 Å². The standard InChI is InChI=1S/C14H16N2/c1-11(10-15-2)8-12-5-6-14-13(9-12)4-3-7-16-14/h3-9,15H,10H2,1-2H3. The molecule has 0 aliphatic rings. The summed E-state index contributed by atoms with van der Waals surface area (Å²) in [6.07, 6.45) is 4.02. The minimum Gasteiger partial charge on any atom is -0.316 e. The van der Waals surface area contributed by atoms with Crippen LogP contribution in [0.15, 0.2) is 42.1 Å². The average Bonchev–Trinajstić information content (AvgIpc) is 2.29. The van der Waals surface area contributed by atoms with Crippen molar-refractivity contribution < 1.29 is 0 Å². The highest BCUT2D eigenvalue weighted by molar-refractivity contribution is 5.81. The molecule has 2 aromatic rings. The first-order valence-corrected chi connectivity index (χ1v) is 5.46. The van der Waals surface area contributed by atoms with Crippen molar-refractivity contribution in [2.45, 2.75) is 6.92 Å². The van der Waals surface area contributed by atoms with Crippen LogP contribution in [0.4, 0.5) is 0 Å². The predicted molar refractivity (Wildman–Crippen MR) is 69.3 cm³/mol. The predicted octanol–water partition coefficient (Wildman–Crippen LogP) is 2.86. The molecule has 0 saturated heterocycles. The molecule has 1 aromatic heterocycles. The Bertz CT molecular complexity index is 515. The van der Waals surface area contributed by atoms with Gasteiger partial charge in [-0.3, -0.25) is 4.98 Å². The molecule has 2 heteroatoms. The lowest BCUT2D eigenvalue weighted by Gasteiger charge is -2.01. The first-order chi connectivity index (χ1) is 7.79. The number of aromatic nitrogens is 1. The molecule has 0 saturated carbocycles. The van der Waals surface area contributed by atoms with Gasteiger partial charge < -0.3 is 5.32 Å². The molecule has 0 amide bonds. The number of rotatable bonds is 3. The van der Waals surface area contributed by atoms with Crippen molar-refractivity contribution in [1.82, 2.24) is 10.3 Å². The van der Waals surface area contributed by atoms with E-state index in [0.29, 0.717) is 0 Å². The number of nitrogens with zero attached hydrogens (tertiary/aromatic N) is 1. The molecule has 0 fully saturated rings. The number of pyridine rings is 1. The Kier molecular flexibility index (Phi) is 3.32. The third kappa shape index (κ3) is 2.47. The third-order valence-electron chi connectivity index (χ3n) is 2.50. The lowest BCUT2D eigenvalue weighted by atomic mass is 10.1. The minimum absolute atomic E-state index is 0.922. The zero-order valence-electron chi connectivity index (χ0n) is 9.70. The highest BCUT2D eigenvalue weighted by Gasteiger charge is 1.95. The van der Waals surface area contributed by atoms with Crippen LogP contribution in [-0.2, 0) is 0 Å². The van der Waals surface area contributed by atoms with E-state index in [9.17, 15) is 0 Å². The summed E-state index contributed by atoms with van der Waals surface area (Å²) in [6, 6.07) is 10.4. The Morgan fingerprint density at radius 3 is 3.06 bits per heavy atom. The molecule has 1 N–H and O–H groups in total. The zero-order valence-corrected chi connectivity index (χ0v) is 9.70. The summed E-state index contributed by atoms with van der Waals surface area (Å²) in [6.45, 7) is 3.05. The van der Waals surface area contributed by atoms with E-state index in [1.807, 2.05) is 19.3 Å². The van der Waals surface area contributed by atoms with E-state index >= 15 is 0 Å². The van der Waals surface area contributed by atoms with Gasteiger partial charge in [0.2, 0.25) is 0 Å². The van der Waals surface area contributed by atoms with Gasteiger partial charge in [-0.25, -0.2) is 0 Å². The molecule has 2 rings (SSSR count). The molecule has 0 bridgehead atoms. The van der Waals surface area contributed by atoms with Crippen LogP contribution in [0.2, 0.25) is 0 Å². The van der Waals surface area contributed by atoms with Gasteiger partial charge in [0.1, 0.15) is 0 Å². The molecule has 0 atom stereocenters. The second kappa shape index (κ2) is 4.90. The topological polar surface area (TPSA) is 24.9 Å². The molecule has 0 spiro atoms. The highest BCUT2D eigenvalue weighted by atomic mass is 14.8. The summed E-state index contributed by atoms with van der Waals surface area (Å²) in [7, 11) is 1.96. The summed E-state index contributed by atoms with van der Waals surface area (Å²) in [5, 5.41) is 4.33. The van der Waals surface area contributed by atoms with E-state index < -0.39 is 0 Å². The molecule has 1 heterocycles. The largest absolute Gasteiger partial charge is 0.316 e.